The van der Waals surface area contributed by atoms with Crippen LogP contribution in [0, 0.1) is 15.9 Å². The molecule has 0 aliphatic carbocycles. The molecular formula is C13H10BrFN2O3S. The van der Waals surface area contributed by atoms with Gasteiger partial charge in [-0.1, -0.05) is 0 Å². The van der Waals surface area contributed by atoms with Gasteiger partial charge in [0.05, 0.1) is 15.3 Å². The largest absolute Gasteiger partial charge is 0.337 e. The van der Waals surface area contributed by atoms with E-state index in [1.54, 1.807) is 7.05 Å². The highest BCUT2D eigenvalue weighted by Gasteiger charge is 2.19. The lowest BCUT2D eigenvalue weighted by Gasteiger charge is -2.16. The third kappa shape index (κ3) is 3.64. The maximum Gasteiger partial charge on any atom is 0.305 e. The van der Waals surface area contributed by atoms with E-state index in [1.165, 1.54) is 22.3 Å². The molecule has 0 saturated heterocycles. The summed E-state index contributed by atoms with van der Waals surface area (Å²) in [5.74, 6) is -1.36. The number of nitrogens with zero attached hydrogens (tertiary/aromatic N) is 2. The van der Waals surface area contributed by atoms with Gasteiger partial charge in [0.2, 0.25) is 5.82 Å². The molecule has 1 aromatic heterocycles. The fraction of sp³-hybridized carbons (Fsp3) is 0.154. The second kappa shape index (κ2) is 6.31. The lowest BCUT2D eigenvalue weighted by Crippen LogP contribution is -2.25. The summed E-state index contributed by atoms with van der Waals surface area (Å²) in [6.07, 6.45) is 0. The predicted molar refractivity (Wildman–Crippen MR) is 80.9 cm³/mol. The molecule has 1 amide bonds. The van der Waals surface area contributed by atoms with E-state index >= 15 is 0 Å². The molecule has 2 rings (SSSR count). The van der Waals surface area contributed by atoms with E-state index in [0.29, 0.717) is 6.54 Å². The summed E-state index contributed by atoms with van der Waals surface area (Å²) in [7, 11) is 1.59. The Kier molecular flexibility index (Phi) is 4.69. The van der Waals surface area contributed by atoms with Crippen molar-refractivity contribution < 1.29 is 14.1 Å². The Morgan fingerprint density at radius 3 is 2.71 bits per heavy atom. The minimum atomic E-state index is -0.957. The molecule has 2 aromatic rings. The SMILES string of the molecule is CN(Cc1ccc(Br)s1)C(=O)c1ccc(F)c([N+](=O)[O-])c1. The van der Waals surface area contributed by atoms with Gasteiger partial charge in [0.1, 0.15) is 0 Å². The summed E-state index contributed by atoms with van der Waals surface area (Å²) in [5, 5.41) is 10.7. The molecule has 21 heavy (non-hydrogen) atoms. The van der Waals surface area contributed by atoms with Gasteiger partial charge in [-0.3, -0.25) is 14.9 Å². The first-order valence-corrected chi connectivity index (χ1v) is 7.43. The number of hydrogen-bond donors (Lipinski definition) is 0. The number of hydrogen-bond acceptors (Lipinski definition) is 4. The highest BCUT2D eigenvalue weighted by atomic mass is 79.9. The molecule has 0 radical (unpaired) electrons. The van der Waals surface area contributed by atoms with Gasteiger partial charge < -0.3 is 4.90 Å². The van der Waals surface area contributed by atoms with Crippen LogP contribution in [0.1, 0.15) is 15.2 Å². The van der Waals surface area contributed by atoms with Crippen molar-refractivity contribution in [2.24, 2.45) is 0 Å². The van der Waals surface area contributed by atoms with E-state index in [-0.39, 0.29) is 5.56 Å². The topological polar surface area (TPSA) is 63.5 Å². The summed E-state index contributed by atoms with van der Waals surface area (Å²) in [6, 6.07) is 6.89. The van der Waals surface area contributed by atoms with Crippen LogP contribution in [0.3, 0.4) is 0 Å². The van der Waals surface area contributed by atoms with E-state index < -0.39 is 22.3 Å². The van der Waals surface area contributed by atoms with E-state index in [1.807, 2.05) is 12.1 Å². The molecule has 1 heterocycles. The van der Waals surface area contributed by atoms with Crippen molar-refractivity contribution in [3.05, 3.63) is 60.5 Å². The first-order chi connectivity index (χ1) is 9.88. The van der Waals surface area contributed by atoms with E-state index in [0.717, 1.165) is 20.8 Å². The molecule has 0 fully saturated rings. The van der Waals surface area contributed by atoms with Gasteiger partial charge in [-0.15, -0.1) is 11.3 Å². The Hall–Kier alpha value is -1.80. The summed E-state index contributed by atoms with van der Waals surface area (Å²) in [5.41, 5.74) is -0.616. The van der Waals surface area contributed by atoms with Crippen LogP contribution in [0.25, 0.3) is 0 Å². The number of halogens is 2. The first kappa shape index (κ1) is 15.6. The molecule has 110 valence electrons. The van der Waals surface area contributed by atoms with Gasteiger partial charge in [0, 0.05) is 23.6 Å². The Morgan fingerprint density at radius 2 is 2.14 bits per heavy atom. The fourth-order valence-corrected chi connectivity index (χ4v) is 3.29. The van der Waals surface area contributed by atoms with Crippen LogP contribution >= 0.6 is 27.3 Å². The minimum Gasteiger partial charge on any atom is -0.337 e. The predicted octanol–water partition coefficient (Wildman–Crippen LogP) is 3.83. The number of nitro benzene ring substituents is 1. The molecule has 0 aliphatic heterocycles. The van der Waals surface area contributed by atoms with E-state index in [9.17, 15) is 19.3 Å². The lowest BCUT2D eigenvalue weighted by atomic mass is 10.1. The zero-order chi connectivity index (χ0) is 15.6. The van der Waals surface area contributed by atoms with E-state index in [4.69, 9.17) is 0 Å². The lowest BCUT2D eigenvalue weighted by molar-refractivity contribution is -0.387. The van der Waals surface area contributed by atoms with Crippen LogP contribution < -0.4 is 0 Å². The van der Waals surface area contributed by atoms with Gasteiger partial charge in [-0.05, 0) is 40.2 Å². The number of rotatable bonds is 4. The van der Waals surface area contributed by atoms with Crippen molar-refractivity contribution in [1.82, 2.24) is 4.90 Å². The third-order valence-corrected chi connectivity index (χ3v) is 4.37. The van der Waals surface area contributed by atoms with Crippen molar-refractivity contribution >= 4 is 38.9 Å². The first-order valence-electron chi connectivity index (χ1n) is 5.82. The molecule has 0 N–H and O–H groups in total. The van der Waals surface area contributed by atoms with Crippen LogP contribution in [0.15, 0.2) is 34.1 Å². The monoisotopic (exact) mass is 372 g/mol. The van der Waals surface area contributed by atoms with E-state index in [2.05, 4.69) is 15.9 Å². The zero-order valence-corrected chi connectivity index (χ0v) is 13.3. The van der Waals surface area contributed by atoms with Crippen LogP contribution in [-0.2, 0) is 6.54 Å². The number of thiophene rings is 1. The van der Waals surface area contributed by atoms with Gasteiger partial charge in [-0.2, -0.15) is 4.39 Å². The quantitative estimate of drug-likeness (QED) is 0.605. The maximum atomic E-state index is 13.3. The Morgan fingerprint density at radius 1 is 1.43 bits per heavy atom. The van der Waals surface area contributed by atoms with Crippen LogP contribution in [-0.4, -0.2) is 22.8 Å². The Balaban J connectivity index is 2.19. The Bertz CT molecular complexity index is 704. The highest BCUT2D eigenvalue weighted by molar-refractivity contribution is 9.11. The van der Waals surface area contributed by atoms with Crippen molar-refractivity contribution in [2.45, 2.75) is 6.54 Å². The summed E-state index contributed by atoms with van der Waals surface area (Å²) in [6.45, 7) is 0.375. The minimum absolute atomic E-state index is 0.0845. The highest BCUT2D eigenvalue weighted by Crippen LogP contribution is 2.24. The number of carbonyl (C=O) groups excluding carboxylic acids is 1. The molecule has 0 unspecified atom stereocenters. The van der Waals surface area contributed by atoms with Gasteiger partial charge >= 0.3 is 5.69 Å². The van der Waals surface area contributed by atoms with Crippen LogP contribution in [0.5, 0.6) is 0 Å². The normalized spacial score (nSPS) is 10.4. The number of amides is 1. The second-order valence-electron chi connectivity index (χ2n) is 4.29. The van der Waals surface area contributed by atoms with Crippen molar-refractivity contribution in [3.8, 4) is 0 Å². The second-order valence-corrected chi connectivity index (χ2v) is 6.84. The third-order valence-electron chi connectivity index (χ3n) is 2.76. The summed E-state index contributed by atoms with van der Waals surface area (Å²) in [4.78, 5) is 24.5. The number of benzene rings is 1. The zero-order valence-electron chi connectivity index (χ0n) is 10.9. The van der Waals surface area contributed by atoms with Crippen molar-refractivity contribution in [2.75, 3.05) is 7.05 Å². The summed E-state index contributed by atoms with van der Waals surface area (Å²) >= 11 is 4.83. The average Bonchev–Trinajstić information content (AvgIpc) is 2.83. The van der Waals surface area contributed by atoms with Gasteiger partial charge in [0.25, 0.3) is 5.91 Å². The molecule has 0 saturated carbocycles. The fourth-order valence-electron chi connectivity index (χ4n) is 1.75. The Labute approximate surface area is 132 Å². The molecule has 0 spiro atoms. The molecule has 8 heteroatoms. The maximum absolute atomic E-state index is 13.3. The van der Waals surface area contributed by atoms with Crippen molar-refractivity contribution in [1.29, 1.82) is 0 Å². The van der Waals surface area contributed by atoms with Crippen LogP contribution in [0.4, 0.5) is 10.1 Å². The molecular weight excluding hydrogens is 363 g/mol. The average molecular weight is 373 g/mol. The number of nitro groups is 1. The van der Waals surface area contributed by atoms with Gasteiger partial charge in [-0.25, -0.2) is 0 Å². The number of carbonyl (C=O) groups is 1. The molecule has 0 bridgehead atoms. The standard InChI is InChI=1S/C13H10BrFN2O3S/c1-16(7-9-3-5-12(14)21-9)13(18)8-2-4-10(15)11(6-8)17(19)20/h2-6H,7H2,1H3. The van der Waals surface area contributed by atoms with Crippen LogP contribution in [0.2, 0.25) is 0 Å². The smallest absolute Gasteiger partial charge is 0.305 e. The molecule has 0 atom stereocenters. The van der Waals surface area contributed by atoms with Crippen molar-refractivity contribution in [3.63, 3.8) is 0 Å². The van der Waals surface area contributed by atoms with Gasteiger partial charge in [0.15, 0.2) is 0 Å². The molecule has 1 aromatic carbocycles. The molecule has 5 nitrogen and oxygen atoms in total. The summed E-state index contributed by atoms with van der Waals surface area (Å²) < 4.78 is 14.2. The molecule has 0 aliphatic rings.